The summed E-state index contributed by atoms with van der Waals surface area (Å²) < 4.78 is 1.90. The molecule has 1 N–H and O–H groups in total. The summed E-state index contributed by atoms with van der Waals surface area (Å²) in [6, 6.07) is 22.0. The van der Waals surface area contributed by atoms with Crippen molar-refractivity contribution in [2.75, 3.05) is 0 Å². The highest BCUT2D eigenvalue weighted by molar-refractivity contribution is 7.12. The number of hydrazone groups is 1. The lowest BCUT2D eigenvalue weighted by Gasteiger charge is -2.02. The molecule has 4 rings (SSSR count). The third kappa shape index (κ3) is 4.67. The number of benzene rings is 2. The fourth-order valence-electron chi connectivity index (χ4n) is 2.94. The van der Waals surface area contributed by atoms with Gasteiger partial charge < -0.3 is 0 Å². The minimum atomic E-state index is -0.218. The molecule has 1 amide bonds. The first-order chi connectivity index (χ1) is 14.2. The first-order valence-corrected chi connectivity index (χ1v) is 10.1. The second kappa shape index (κ2) is 8.67. The smallest absolute Gasteiger partial charge is 0.267 e. The minimum absolute atomic E-state index is 0.218. The summed E-state index contributed by atoms with van der Waals surface area (Å²) in [5.74, 6) is -0.218. The SMILES string of the molecule is Cc1ccc(-c2nn(Cc3ccccc3)cc2/C=N\NC(=O)c2cccs2)cc1. The third-order valence-electron chi connectivity index (χ3n) is 4.42. The minimum Gasteiger partial charge on any atom is -0.267 e. The van der Waals surface area contributed by atoms with Gasteiger partial charge in [0.2, 0.25) is 0 Å². The van der Waals surface area contributed by atoms with E-state index in [2.05, 4.69) is 41.7 Å². The van der Waals surface area contributed by atoms with Crippen LogP contribution >= 0.6 is 11.3 Å². The summed E-state index contributed by atoms with van der Waals surface area (Å²) in [4.78, 5) is 12.7. The molecular weight excluding hydrogens is 380 g/mol. The van der Waals surface area contributed by atoms with Gasteiger partial charge in [-0.25, -0.2) is 5.43 Å². The maximum Gasteiger partial charge on any atom is 0.281 e. The zero-order chi connectivity index (χ0) is 20.1. The number of nitrogens with zero attached hydrogens (tertiary/aromatic N) is 3. The van der Waals surface area contributed by atoms with Crippen molar-refractivity contribution in [1.82, 2.24) is 15.2 Å². The Morgan fingerprint density at radius 3 is 2.62 bits per heavy atom. The molecule has 6 heteroatoms. The molecule has 29 heavy (non-hydrogen) atoms. The van der Waals surface area contributed by atoms with Crippen LogP contribution in [0.2, 0.25) is 0 Å². The average Bonchev–Trinajstić information content (AvgIpc) is 3.40. The third-order valence-corrected chi connectivity index (χ3v) is 5.29. The lowest BCUT2D eigenvalue weighted by Crippen LogP contribution is -2.16. The molecule has 0 aliphatic carbocycles. The number of rotatable bonds is 6. The van der Waals surface area contributed by atoms with Gasteiger partial charge in [-0.05, 0) is 23.9 Å². The molecule has 0 bridgehead atoms. The number of nitrogens with one attached hydrogen (secondary N) is 1. The summed E-state index contributed by atoms with van der Waals surface area (Å²) in [6.45, 7) is 2.72. The summed E-state index contributed by atoms with van der Waals surface area (Å²) in [6.07, 6.45) is 3.60. The Hall–Kier alpha value is -3.51. The lowest BCUT2D eigenvalue weighted by atomic mass is 10.1. The highest BCUT2D eigenvalue weighted by Crippen LogP contribution is 2.22. The zero-order valence-corrected chi connectivity index (χ0v) is 16.8. The van der Waals surface area contributed by atoms with Crippen LogP contribution in [0, 0.1) is 6.92 Å². The molecule has 2 aromatic heterocycles. The van der Waals surface area contributed by atoms with Gasteiger partial charge in [-0.2, -0.15) is 10.2 Å². The molecule has 0 saturated heterocycles. The molecule has 0 fully saturated rings. The van der Waals surface area contributed by atoms with Gasteiger partial charge in [-0.1, -0.05) is 66.2 Å². The van der Waals surface area contributed by atoms with Gasteiger partial charge >= 0.3 is 0 Å². The second-order valence-electron chi connectivity index (χ2n) is 6.66. The lowest BCUT2D eigenvalue weighted by molar-refractivity contribution is 0.0959. The summed E-state index contributed by atoms with van der Waals surface area (Å²) in [5.41, 5.74) is 7.62. The van der Waals surface area contributed by atoms with Crippen LogP contribution < -0.4 is 5.43 Å². The molecule has 0 aliphatic heterocycles. The molecule has 2 heterocycles. The van der Waals surface area contributed by atoms with Crippen LogP contribution in [-0.4, -0.2) is 21.9 Å². The number of carbonyl (C=O) groups excluding carboxylic acids is 1. The number of thiophene rings is 1. The highest BCUT2D eigenvalue weighted by atomic mass is 32.1. The van der Waals surface area contributed by atoms with E-state index in [0.29, 0.717) is 11.4 Å². The molecule has 0 saturated carbocycles. The van der Waals surface area contributed by atoms with Gasteiger partial charge in [-0.3, -0.25) is 9.48 Å². The maximum absolute atomic E-state index is 12.1. The van der Waals surface area contributed by atoms with Crippen molar-refractivity contribution < 1.29 is 4.79 Å². The number of aromatic nitrogens is 2. The Labute approximate surface area is 173 Å². The molecule has 0 unspecified atom stereocenters. The molecule has 0 radical (unpaired) electrons. The van der Waals surface area contributed by atoms with Crippen molar-refractivity contribution in [3.05, 3.63) is 99.9 Å². The molecule has 144 valence electrons. The predicted molar refractivity (Wildman–Crippen MR) is 117 cm³/mol. The molecule has 4 aromatic rings. The Morgan fingerprint density at radius 2 is 1.90 bits per heavy atom. The number of carbonyl (C=O) groups is 1. The quantitative estimate of drug-likeness (QED) is 0.376. The molecule has 0 atom stereocenters. The van der Waals surface area contributed by atoms with Crippen LogP contribution in [0.25, 0.3) is 11.3 Å². The maximum atomic E-state index is 12.1. The fourth-order valence-corrected chi connectivity index (χ4v) is 3.56. The standard InChI is InChI=1S/C23H20N4OS/c1-17-9-11-19(12-10-17)22-20(14-24-25-23(28)21-8-5-13-29-21)16-27(26-22)15-18-6-3-2-4-7-18/h2-14,16H,15H2,1H3,(H,25,28)/b24-14-. The van der Waals surface area contributed by atoms with Crippen molar-refractivity contribution in [2.24, 2.45) is 5.10 Å². The van der Waals surface area contributed by atoms with Crippen LogP contribution in [-0.2, 0) is 6.54 Å². The van der Waals surface area contributed by atoms with Crippen LogP contribution in [0.1, 0.15) is 26.4 Å². The zero-order valence-electron chi connectivity index (χ0n) is 15.9. The Balaban J connectivity index is 1.60. The van der Waals surface area contributed by atoms with Gasteiger partial charge in [0, 0.05) is 17.3 Å². The van der Waals surface area contributed by atoms with Crippen molar-refractivity contribution >= 4 is 23.5 Å². The Morgan fingerprint density at radius 1 is 1.10 bits per heavy atom. The molecular formula is C23H20N4OS. The number of amides is 1. The first-order valence-electron chi connectivity index (χ1n) is 9.24. The van der Waals surface area contributed by atoms with Gasteiger partial charge in [-0.15, -0.1) is 11.3 Å². The molecule has 5 nitrogen and oxygen atoms in total. The normalized spacial score (nSPS) is 11.1. The largest absolute Gasteiger partial charge is 0.281 e. The van der Waals surface area contributed by atoms with Crippen LogP contribution in [0.4, 0.5) is 0 Å². The second-order valence-corrected chi connectivity index (χ2v) is 7.61. The van der Waals surface area contributed by atoms with E-state index in [9.17, 15) is 4.79 Å². The van der Waals surface area contributed by atoms with Crippen LogP contribution in [0.15, 0.2) is 83.4 Å². The van der Waals surface area contributed by atoms with Gasteiger partial charge in [0.15, 0.2) is 0 Å². The van der Waals surface area contributed by atoms with Gasteiger partial charge in [0.05, 0.1) is 17.6 Å². The number of aryl methyl sites for hydroxylation is 1. The van der Waals surface area contributed by atoms with E-state index >= 15 is 0 Å². The first kappa shape index (κ1) is 18.8. The monoisotopic (exact) mass is 400 g/mol. The highest BCUT2D eigenvalue weighted by Gasteiger charge is 2.11. The van der Waals surface area contributed by atoms with Crippen molar-refractivity contribution in [2.45, 2.75) is 13.5 Å². The van der Waals surface area contributed by atoms with Crippen molar-refractivity contribution in [3.63, 3.8) is 0 Å². The van der Waals surface area contributed by atoms with Gasteiger partial charge in [0.25, 0.3) is 5.91 Å². The van der Waals surface area contributed by atoms with E-state index in [-0.39, 0.29) is 5.91 Å². The molecule has 0 spiro atoms. The van der Waals surface area contributed by atoms with E-state index in [1.807, 2.05) is 52.7 Å². The van der Waals surface area contributed by atoms with Crippen LogP contribution in [0.5, 0.6) is 0 Å². The van der Waals surface area contributed by atoms with E-state index in [0.717, 1.165) is 16.8 Å². The molecule has 2 aromatic carbocycles. The van der Waals surface area contributed by atoms with E-state index < -0.39 is 0 Å². The van der Waals surface area contributed by atoms with Crippen molar-refractivity contribution in [3.8, 4) is 11.3 Å². The van der Waals surface area contributed by atoms with E-state index in [1.54, 1.807) is 12.3 Å². The number of hydrogen-bond acceptors (Lipinski definition) is 4. The van der Waals surface area contributed by atoms with E-state index in [1.165, 1.54) is 22.5 Å². The summed E-state index contributed by atoms with van der Waals surface area (Å²) >= 11 is 1.38. The summed E-state index contributed by atoms with van der Waals surface area (Å²) in [5, 5.41) is 10.8. The van der Waals surface area contributed by atoms with Crippen molar-refractivity contribution in [1.29, 1.82) is 0 Å². The fraction of sp³-hybridized carbons (Fsp3) is 0.0870. The van der Waals surface area contributed by atoms with Crippen LogP contribution in [0.3, 0.4) is 0 Å². The summed E-state index contributed by atoms with van der Waals surface area (Å²) in [7, 11) is 0. The Bertz CT molecular complexity index is 1110. The molecule has 0 aliphatic rings. The Kier molecular flexibility index (Phi) is 5.63. The average molecular weight is 401 g/mol. The topological polar surface area (TPSA) is 59.3 Å². The predicted octanol–water partition coefficient (Wildman–Crippen LogP) is 4.73. The van der Waals surface area contributed by atoms with Gasteiger partial charge in [0.1, 0.15) is 5.69 Å². The van der Waals surface area contributed by atoms with E-state index in [4.69, 9.17) is 5.10 Å². The number of hydrogen-bond donors (Lipinski definition) is 1.